The minimum atomic E-state index is -0.102. The van der Waals surface area contributed by atoms with Crippen LogP contribution in [0, 0.1) is 13.8 Å². The van der Waals surface area contributed by atoms with E-state index < -0.39 is 0 Å². The first kappa shape index (κ1) is 20.8. The fourth-order valence-corrected chi connectivity index (χ4v) is 3.86. The first-order valence-corrected chi connectivity index (χ1v) is 10.9. The number of nitrogens with one attached hydrogen (secondary N) is 1. The number of carbonyl (C=O) groups is 1. The van der Waals surface area contributed by atoms with Gasteiger partial charge in [0, 0.05) is 17.8 Å². The molecule has 0 bridgehead atoms. The zero-order valence-electron chi connectivity index (χ0n) is 17.5. The molecule has 0 atom stereocenters. The second-order valence-electron chi connectivity index (χ2n) is 6.92. The smallest absolute Gasteiger partial charge is 0.296 e. The summed E-state index contributed by atoms with van der Waals surface area (Å²) < 4.78 is 7.28. The van der Waals surface area contributed by atoms with Crippen LogP contribution < -0.4 is 5.32 Å². The van der Waals surface area contributed by atoms with Gasteiger partial charge in [0.15, 0.2) is 5.16 Å². The lowest BCUT2D eigenvalue weighted by Crippen LogP contribution is -2.15. The summed E-state index contributed by atoms with van der Waals surface area (Å²) in [6.45, 7) is 6.59. The minimum absolute atomic E-state index is 0.102. The van der Waals surface area contributed by atoms with E-state index >= 15 is 0 Å². The van der Waals surface area contributed by atoms with Crippen LogP contribution in [0.25, 0.3) is 23.1 Å². The summed E-state index contributed by atoms with van der Waals surface area (Å²) in [5.41, 5.74) is 3.88. The Kier molecular flexibility index (Phi) is 6.13. The summed E-state index contributed by atoms with van der Waals surface area (Å²) in [6, 6.07) is 15.4. The lowest BCUT2D eigenvalue weighted by atomic mass is 10.1. The SMILES string of the molecule is CCn1c(SCC(=O)Nc2cccc(C)c2C)nnc1-c1nc(-c2ccccc2)no1. The number of carbonyl (C=O) groups excluding carboxylic acids is 1. The fraction of sp³-hybridized carbons (Fsp3) is 0.227. The van der Waals surface area contributed by atoms with Crippen LogP contribution in [0.3, 0.4) is 0 Å². The molecule has 1 amide bonds. The van der Waals surface area contributed by atoms with Crippen molar-refractivity contribution in [1.82, 2.24) is 24.9 Å². The van der Waals surface area contributed by atoms with Crippen molar-refractivity contribution in [3.8, 4) is 23.1 Å². The largest absolute Gasteiger partial charge is 0.330 e. The van der Waals surface area contributed by atoms with E-state index in [0.29, 0.717) is 29.2 Å². The highest BCUT2D eigenvalue weighted by atomic mass is 32.2. The van der Waals surface area contributed by atoms with Gasteiger partial charge >= 0.3 is 0 Å². The van der Waals surface area contributed by atoms with Gasteiger partial charge in [0.05, 0.1) is 5.75 Å². The molecule has 0 saturated heterocycles. The van der Waals surface area contributed by atoms with Crippen molar-refractivity contribution in [2.45, 2.75) is 32.5 Å². The van der Waals surface area contributed by atoms with Crippen molar-refractivity contribution in [2.75, 3.05) is 11.1 Å². The molecule has 2 aromatic carbocycles. The van der Waals surface area contributed by atoms with Crippen molar-refractivity contribution in [3.63, 3.8) is 0 Å². The van der Waals surface area contributed by atoms with E-state index in [1.807, 2.05) is 73.9 Å². The molecule has 9 heteroatoms. The number of aryl methyl sites for hydroxylation is 1. The molecule has 4 aromatic rings. The number of rotatable bonds is 7. The van der Waals surface area contributed by atoms with E-state index in [4.69, 9.17) is 4.52 Å². The second-order valence-corrected chi connectivity index (χ2v) is 7.87. The molecule has 31 heavy (non-hydrogen) atoms. The molecule has 0 saturated carbocycles. The molecule has 1 N–H and O–H groups in total. The molecule has 2 aromatic heterocycles. The van der Waals surface area contributed by atoms with Gasteiger partial charge in [-0.2, -0.15) is 4.98 Å². The third-order valence-electron chi connectivity index (χ3n) is 4.89. The molecule has 0 aliphatic carbocycles. The number of hydrogen-bond donors (Lipinski definition) is 1. The van der Waals surface area contributed by atoms with Gasteiger partial charge in [-0.05, 0) is 38.0 Å². The summed E-state index contributed by atoms with van der Waals surface area (Å²) >= 11 is 1.32. The molecule has 0 fully saturated rings. The Hall–Kier alpha value is -3.46. The summed E-state index contributed by atoms with van der Waals surface area (Å²) in [5, 5.41) is 16.1. The fourth-order valence-electron chi connectivity index (χ4n) is 3.06. The van der Waals surface area contributed by atoms with Crippen LogP contribution in [0.1, 0.15) is 18.1 Å². The van der Waals surface area contributed by atoms with E-state index in [1.54, 1.807) is 0 Å². The van der Waals surface area contributed by atoms with Crippen LogP contribution in [-0.4, -0.2) is 36.6 Å². The molecule has 0 radical (unpaired) electrons. The lowest BCUT2D eigenvalue weighted by Gasteiger charge is -2.10. The number of amides is 1. The van der Waals surface area contributed by atoms with Crippen molar-refractivity contribution in [1.29, 1.82) is 0 Å². The first-order valence-electron chi connectivity index (χ1n) is 9.88. The van der Waals surface area contributed by atoms with Gasteiger partial charge in [0.2, 0.25) is 17.6 Å². The molecule has 8 nitrogen and oxygen atoms in total. The molecular weight excluding hydrogens is 412 g/mol. The van der Waals surface area contributed by atoms with E-state index in [2.05, 4.69) is 25.7 Å². The molecule has 4 rings (SSSR count). The highest BCUT2D eigenvalue weighted by molar-refractivity contribution is 7.99. The normalized spacial score (nSPS) is 10.9. The molecule has 158 valence electrons. The monoisotopic (exact) mass is 434 g/mol. The summed E-state index contributed by atoms with van der Waals surface area (Å²) in [7, 11) is 0. The summed E-state index contributed by atoms with van der Waals surface area (Å²) in [6.07, 6.45) is 0. The second kappa shape index (κ2) is 9.13. The predicted molar refractivity (Wildman–Crippen MR) is 120 cm³/mol. The van der Waals surface area contributed by atoms with Gasteiger partial charge in [-0.1, -0.05) is 59.4 Å². The average Bonchev–Trinajstić information content (AvgIpc) is 3.43. The maximum Gasteiger partial charge on any atom is 0.296 e. The Balaban J connectivity index is 1.47. The van der Waals surface area contributed by atoms with Crippen LogP contribution >= 0.6 is 11.8 Å². The molecule has 0 aliphatic rings. The third kappa shape index (κ3) is 4.51. The van der Waals surface area contributed by atoms with Gasteiger partial charge in [-0.3, -0.25) is 9.36 Å². The standard InChI is InChI=1S/C22H22N6O2S/c1-4-28-20(21-24-19(27-30-21)16-10-6-5-7-11-16)25-26-22(28)31-13-18(29)23-17-12-8-9-14(2)15(17)3/h5-12H,4,13H2,1-3H3,(H,23,29). The van der Waals surface area contributed by atoms with E-state index in [9.17, 15) is 4.79 Å². The van der Waals surface area contributed by atoms with Crippen LogP contribution in [-0.2, 0) is 11.3 Å². The van der Waals surface area contributed by atoms with Gasteiger partial charge in [0.1, 0.15) is 0 Å². The van der Waals surface area contributed by atoms with Gasteiger partial charge < -0.3 is 9.84 Å². The summed E-state index contributed by atoms with van der Waals surface area (Å²) in [4.78, 5) is 16.9. The van der Waals surface area contributed by atoms with Crippen molar-refractivity contribution >= 4 is 23.4 Å². The minimum Gasteiger partial charge on any atom is -0.330 e. The van der Waals surface area contributed by atoms with Crippen molar-refractivity contribution in [3.05, 3.63) is 59.7 Å². The van der Waals surface area contributed by atoms with Gasteiger partial charge in [-0.15, -0.1) is 10.2 Å². The average molecular weight is 435 g/mol. The van der Waals surface area contributed by atoms with Gasteiger partial charge in [0.25, 0.3) is 5.89 Å². The van der Waals surface area contributed by atoms with Crippen LogP contribution in [0.15, 0.2) is 58.2 Å². The molecule has 0 aliphatic heterocycles. The Morgan fingerprint density at radius 3 is 2.68 bits per heavy atom. The highest BCUT2D eigenvalue weighted by Crippen LogP contribution is 2.25. The Morgan fingerprint density at radius 1 is 1.10 bits per heavy atom. The van der Waals surface area contributed by atoms with Gasteiger partial charge in [-0.25, -0.2) is 0 Å². The Bertz CT molecular complexity index is 1200. The third-order valence-corrected chi connectivity index (χ3v) is 5.86. The zero-order chi connectivity index (χ0) is 21.8. The van der Waals surface area contributed by atoms with E-state index in [0.717, 1.165) is 22.4 Å². The number of anilines is 1. The van der Waals surface area contributed by atoms with Crippen molar-refractivity contribution < 1.29 is 9.32 Å². The zero-order valence-corrected chi connectivity index (χ0v) is 18.3. The lowest BCUT2D eigenvalue weighted by molar-refractivity contribution is -0.113. The summed E-state index contributed by atoms with van der Waals surface area (Å²) in [5.74, 6) is 1.37. The van der Waals surface area contributed by atoms with Crippen LogP contribution in [0.5, 0.6) is 0 Å². The maximum atomic E-state index is 12.5. The number of nitrogens with zero attached hydrogens (tertiary/aromatic N) is 5. The predicted octanol–water partition coefficient (Wildman–Crippen LogP) is 4.36. The van der Waals surface area contributed by atoms with E-state index in [1.165, 1.54) is 11.8 Å². The highest BCUT2D eigenvalue weighted by Gasteiger charge is 2.20. The quantitative estimate of drug-likeness (QED) is 0.431. The molecule has 2 heterocycles. The van der Waals surface area contributed by atoms with Crippen LogP contribution in [0.4, 0.5) is 5.69 Å². The number of aromatic nitrogens is 5. The number of benzene rings is 2. The first-order chi connectivity index (χ1) is 15.1. The molecule has 0 unspecified atom stereocenters. The number of thioether (sulfide) groups is 1. The van der Waals surface area contributed by atoms with E-state index in [-0.39, 0.29) is 11.7 Å². The van der Waals surface area contributed by atoms with Crippen LogP contribution in [0.2, 0.25) is 0 Å². The van der Waals surface area contributed by atoms with Crippen molar-refractivity contribution in [2.24, 2.45) is 0 Å². The number of hydrogen-bond acceptors (Lipinski definition) is 7. The Morgan fingerprint density at radius 2 is 1.90 bits per heavy atom. The maximum absolute atomic E-state index is 12.5. The topological polar surface area (TPSA) is 98.7 Å². The molecular formula is C22H22N6O2S. The Labute approximate surface area is 184 Å². The molecule has 0 spiro atoms.